The predicted octanol–water partition coefficient (Wildman–Crippen LogP) is 1.99. The molecule has 29 heavy (non-hydrogen) atoms. The number of likely N-dealkylation sites (N-methyl/N-ethyl adjacent to an activating group) is 1. The van der Waals surface area contributed by atoms with Crippen LogP contribution in [0, 0.1) is 11.7 Å². The van der Waals surface area contributed by atoms with Crippen LogP contribution >= 0.6 is 0 Å². The Balaban J connectivity index is 2.02. The molecule has 1 aromatic carbocycles. The highest BCUT2D eigenvalue weighted by Gasteiger charge is 2.34. The van der Waals surface area contributed by atoms with E-state index in [-0.39, 0.29) is 41.8 Å². The number of rotatable bonds is 8. The Bertz CT molecular complexity index is 814. The van der Waals surface area contributed by atoms with E-state index in [1.807, 2.05) is 13.8 Å². The lowest BCUT2D eigenvalue weighted by Crippen LogP contribution is -2.52. The van der Waals surface area contributed by atoms with E-state index in [0.29, 0.717) is 19.4 Å². The van der Waals surface area contributed by atoms with Crippen LogP contribution in [-0.4, -0.2) is 62.2 Å². The van der Waals surface area contributed by atoms with Gasteiger partial charge in [-0.1, -0.05) is 13.3 Å². The summed E-state index contributed by atoms with van der Waals surface area (Å²) in [4.78, 5) is 26.7. The minimum absolute atomic E-state index is 0.0598. The molecule has 2 atom stereocenters. The lowest BCUT2D eigenvalue weighted by Gasteiger charge is -2.38. The first-order valence-corrected chi connectivity index (χ1v) is 11.4. The summed E-state index contributed by atoms with van der Waals surface area (Å²) >= 11 is 0. The number of hydrogen-bond acceptors (Lipinski definition) is 4. The SMILES string of the molecule is CCCCNC(=O)C1CCC(C)N(C(=O)CN(C)S(=O)(=O)c2ccc(F)cc2)C1. The van der Waals surface area contributed by atoms with Gasteiger partial charge in [-0.25, -0.2) is 12.8 Å². The van der Waals surface area contributed by atoms with Crippen LogP contribution in [0.15, 0.2) is 29.2 Å². The molecule has 1 fully saturated rings. The summed E-state index contributed by atoms with van der Waals surface area (Å²) in [6.07, 6.45) is 3.28. The maximum atomic E-state index is 13.1. The van der Waals surface area contributed by atoms with Crippen LogP contribution < -0.4 is 5.32 Å². The molecule has 0 saturated carbocycles. The smallest absolute Gasteiger partial charge is 0.243 e. The number of nitrogens with zero attached hydrogens (tertiary/aromatic N) is 2. The Morgan fingerprint density at radius 1 is 1.24 bits per heavy atom. The van der Waals surface area contributed by atoms with E-state index in [2.05, 4.69) is 5.32 Å². The van der Waals surface area contributed by atoms with Gasteiger partial charge in [0.1, 0.15) is 5.82 Å². The van der Waals surface area contributed by atoms with Gasteiger partial charge in [-0.15, -0.1) is 0 Å². The number of benzene rings is 1. The average Bonchev–Trinajstić information content (AvgIpc) is 2.68. The molecular formula is C20H30FN3O4S. The van der Waals surface area contributed by atoms with Gasteiger partial charge in [0, 0.05) is 26.2 Å². The maximum Gasteiger partial charge on any atom is 0.243 e. The predicted molar refractivity (Wildman–Crippen MR) is 108 cm³/mol. The van der Waals surface area contributed by atoms with Crippen molar-refractivity contribution in [2.24, 2.45) is 5.92 Å². The summed E-state index contributed by atoms with van der Waals surface area (Å²) in [5.74, 6) is -1.23. The highest BCUT2D eigenvalue weighted by atomic mass is 32.2. The van der Waals surface area contributed by atoms with Crippen molar-refractivity contribution < 1.29 is 22.4 Å². The molecule has 0 spiro atoms. The number of unbranched alkanes of at least 4 members (excludes halogenated alkanes) is 1. The molecule has 9 heteroatoms. The number of carbonyl (C=O) groups excluding carboxylic acids is 2. The van der Waals surface area contributed by atoms with Crippen molar-refractivity contribution in [2.45, 2.75) is 50.5 Å². The molecule has 2 rings (SSSR count). The first-order valence-electron chi connectivity index (χ1n) is 9.96. The molecule has 0 bridgehead atoms. The molecule has 1 saturated heterocycles. The van der Waals surface area contributed by atoms with Gasteiger partial charge in [-0.2, -0.15) is 4.31 Å². The number of halogens is 1. The standard InChI is InChI=1S/C20H30FN3O4S/c1-4-5-12-22-20(26)16-7-6-15(2)24(13-16)19(25)14-23(3)29(27,28)18-10-8-17(21)9-11-18/h8-11,15-16H,4-7,12-14H2,1-3H3,(H,22,26). The summed E-state index contributed by atoms with van der Waals surface area (Å²) in [5, 5.41) is 2.90. The van der Waals surface area contributed by atoms with Crippen LogP contribution in [0.4, 0.5) is 4.39 Å². The normalized spacial score (nSPS) is 20.0. The zero-order chi connectivity index (χ0) is 21.6. The number of amides is 2. The summed E-state index contributed by atoms with van der Waals surface area (Å²) in [6.45, 7) is 4.51. The minimum atomic E-state index is -3.91. The second-order valence-corrected chi connectivity index (χ2v) is 9.57. The topological polar surface area (TPSA) is 86.8 Å². The number of nitrogens with one attached hydrogen (secondary N) is 1. The Kier molecular flexibility index (Phi) is 8.15. The number of likely N-dealkylation sites (tertiary alicyclic amines) is 1. The van der Waals surface area contributed by atoms with E-state index in [4.69, 9.17) is 0 Å². The number of piperidine rings is 1. The van der Waals surface area contributed by atoms with Gasteiger partial charge in [0.25, 0.3) is 0 Å². The van der Waals surface area contributed by atoms with E-state index in [0.717, 1.165) is 29.3 Å². The molecule has 0 aliphatic carbocycles. The van der Waals surface area contributed by atoms with Gasteiger partial charge < -0.3 is 10.2 Å². The molecular weight excluding hydrogens is 397 g/mol. The van der Waals surface area contributed by atoms with Gasteiger partial charge in [0.15, 0.2) is 0 Å². The Morgan fingerprint density at radius 3 is 2.52 bits per heavy atom. The van der Waals surface area contributed by atoms with Crippen LogP contribution in [0.2, 0.25) is 0 Å². The van der Waals surface area contributed by atoms with E-state index in [1.165, 1.54) is 19.2 Å². The maximum absolute atomic E-state index is 13.1. The van der Waals surface area contributed by atoms with E-state index >= 15 is 0 Å². The second kappa shape index (κ2) is 10.2. The van der Waals surface area contributed by atoms with E-state index in [9.17, 15) is 22.4 Å². The highest BCUT2D eigenvalue weighted by molar-refractivity contribution is 7.89. The third-order valence-corrected chi connectivity index (χ3v) is 7.10. The van der Waals surface area contributed by atoms with Gasteiger partial charge >= 0.3 is 0 Å². The van der Waals surface area contributed by atoms with E-state index in [1.54, 1.807) is 4.90 Å². The van der Waals surface area contributed by atoms with Crippen molar-refractivity contribution in [2.75, 3.05) is 26.7 Å². The molecule has 1 N–H and O–H groups in total. The Morgan fingerprint density at radius 2 is 1.90 bits per heavy atom. The fraction of sp³-hybridized carbons (Fsp3) is 0.600. The van der Waals surface area contributed by atoms with Crippen molar-refractivity contribution in [1.29, 1.82) is 0 Å². The van der Waals surface area contributed by atoms with Crippen molar-refractivity contribution in [3.63, 3.8) is 0 Å². The van der Waals surface area contributed by atoms with Crippen LogP contribution in [0.3, 0.4) is 0 Å². The summed E-state index contributed by atoms with van der Waals surface area (Å²) in [6, 6.07) is 4.41. The quantitative estimate of drug-likeness (QED) is 0.643. The highest BCUT2D eigenvalue weighted by Crippen LogP contribution is 2.23. The molecule has 2 unspecified atom stereocenters. The van der Waals surface area contributed by atoms with Crippen LogP contribution in [0.25, 0.3) is 0 Å². The Labute approximate surface area is 172 Å². The third-order valence-electron chi connectivity index (χ3n) is 5.28. The second-order valence-electron chi connectivity index (χ2n) is 7.53. The van der Waals surface area contributed by atoms with Crippen LogP contribution in [0.5, 0.6) is 0 Å². The summed E-state index contributed by atoms with van der Waals surface area (Å²) in [5.41, 5.74) is 0. The minimum Gasteiger partial charge on any atom is -0.356 e. The van der Waals surface area contributed by atoms with Crippen molar-refractivity contribution in [3.8, 4) is 0 Å². The van der Waals surface area contributed by atoms with Gasteiger partial charge in [0.05, 0.1) is 17.4 Å². The lowest BCUT2D eigenvalue weighted by molar-refractivity contribution is -0.138. The third kappa shape index (κ3) is 5.99. The lowest BCUT2D eigenvalue weighted by atomic mass is 9.92. The molecule has 7 nitrogen and oxygen atoms in total. The van der Waals surface area contributed by atoms with Gasteiger partial charge in [-0.3, -0.25) is 9.59 Å². The number of sulfonamides is 1. The van der Waals surface area contributed by atoms with Crippen molar-refractivity contribution >= 4 is 21.8 Å². The zero-order valence-corrected chi connectivity index (χ0v) is 18.0. The molecule has 162 valence electrons. The van der Waals surface area contributed by atoms with Crippen LogP contribution in [-0.2, 0) is 19.6 Å². The first-order chi connectivity index (χ1) is 13.7. The molecule has 1 aromatic rings. The molecule has 1 heterocycles. The van der Waals surface area contributed by atoms with E-state index < -0.39 is 15.8 Å². The van der Waals surface area contributed by atoms with Gasteiger partial charge in [0.2, 0.25) is 21.8 Å². The molecule has 2 amide bonds. The molecule has 0 radical (unpaired) electrons. The van der Waals surface area contributed by atoms with Crippen molar-refractivity contribution in [3.05, 3.63) is 30.1 Å². The fourth-order valence-corrected chi connectivity index (χ4v) is 4.47. The molecule has 1 aliphatic heterocycles. The monoisotopic (exact) mass is 427 g/mol. The van der Waals surface area contributed by atoms with Crippen LogP contribution in [0.1, 0.15) is 39.5 Å². The molecule has 0 aromatic heterocycles. The number of carbonyl (C=O) groups is 2. The van der Waals surface area contributed by atoms with Crippen molar-refractivity contribution in [1.82, 2.24) is 14.5 Å². The number of hydrogen-bond donors (Lipinski definition) is 1. The largest absolute Gasteiger partial charge is 0.356 e. The molecule has 1 aliphatic rings. The summed E-state index contributed by atoms with van der Waals surface area (Å²) in [7, 11) is -2.59. The average molecular weight is 428 g/mol. The van der Waals surface area contributed by atoms with Gasteiger partial charge in [-0.05, 0) is 50.5 Å². The summed E-state index contributed by atoms with van der Waals surface area (Å²) < 4.78 is 39.3. The zero-order valence-electron chi connectivity index (χ0n) is 17.2. The first kappa shape index (κ1) is 23.3. The fourth-order valence-electron chi connectivity index (χ4n) is 3.35. The Hall–Kier alpha value is -2.00.